The third kappa shape index (κ3) is 3.70. The van der Waals surface area contributed by atoms with Gasteiger partial charge in [0.25, 0.3) is 0 Å². The van der Waals surface area contributed by atoms with Crippen LogP contribution in [-0.2, 0) is 9.53 Å². The predicted octanol–water partition coefficient (Wildman–Crippen LogP) is 2.68. The Morgan fingerprint density at radius 3 is 2.83 bits per heavy atom. The molecule has 3 nitrogen and oxygen atoms in total. The third-order valence-electron chi connectivity index (χ3n) is 2.73. The number of rotatable bonds is 6. The zero-order valence-corrected chi connectivity index (χ0v) is 11.3. The van der Waals surface area contributed by atoms with E-state index in [0.29, 0.717) is 13.2 Å². The quantitative estimate of drug-likeness (QED) is 0.620. The molecule has 1 aromatic carbocycles. The van der Waals surface area contributed by atoms with Gasteiger partial charge in [0.2, 0.25) is 0 Å². The van der Waals surface area contributed by atoms with Crippen molar-refractivity contribution >= 4 is 5.97 Å². The molecule has 0 amide bonds. The molecule has 0 aliphatic carbocycles. The first-order valence-electron chi connectivity index (χ1n) is 6.18. The number of hydrogen-bond acceptors (Lipinski definition) is 3. The molecule has 1 atom stereocenters. The summed E-state index contributed by atoms with van der Waals surface area (Å²) in [6.07, 6.45) is 1.73. The van der Waals surface area contributed by atoms with Crippen molar-refractivity contribution in [1.29, 1.82) is 0 Å². The number of nitrogens with one attached hydrogen (secondary N) is 1. The van der Waals surface area contributed by atoms with Gasteiger partial charge in [0.05, 0.1) is 6.61 Å². The van der Waals surface area contributed by atoms with Crippen LogP contribution in [0.2, 0.25) is 0 Å². The van der Waals surface area contributed by atoms with Gasteiger partial charge in [0.15, 0.2) is 0 Å². The lowest BCUT2D eigenvalue weighted by Crippen LogP contribution is -2.31. The van der Waals surface area contributed by atoms with Gasteiger partial charge in [-0.1, -0.05) is 29.8 Å². The van der Waals surface area contributed by atoms with E-state index in [0.717, 1.165) is 16.7 Å². The van der Waals surface area contributed by atoms with Crippen LogP contribution in [-0.4, -0.2) is 19.1 Å². The maximum Gasteiger partial charge on any atom is 0.327 e. The van der Waals surface area contributed by atoms with Crippen molar-refractivity contribution in [3.05, 3.63) is 47.5 Å². The molecule has 1 rings (SSSR count). The minimum atomic E-state index is -0.428. The summed E-state index contributed by atoms with van der Waals surface area (Å²) in [7, 11) is 0. The molecule has 1 N–H and O–H groups in total. The molecule has 98 valence electrons. The van der Waals surface area contributed by atoms with E-state index in [1.807, 2.05) is 39.0 Å². The Morgan fingerprint density at radius 1 is 1.50 bits per heavy atom. The maximum atomic E-state index is 12.0. The Morgan fingerprint density at radius 2 is 2.22 bits per heavy atom. The average molecular weight is 247 g/mol. The van der Waals surface area contributed by atoms with Crippen LogP contribution in [0.3, 0.4) is 0 Å². The van der Waals surface area contributed by atoms with Gasteiger partial charge < -0.3 is 4.74 Å². The number of aryl methyl sites for hydroxylation is 2. The first-order chi connectivity index (χ1) is 8.60. The Hall–Kier alpha value is -1.61. The second-order valence-corrected chi connectivity index (χ2v) is 4.24. The fourth-order valence-corrected chi connectivity index (χ4v) is 1.82. The van der Waals surface area contributed by atoms with Crippen molar-refractivity contribution < 1.29 is 9.53 Å². The zero-order valence-electron chi connectivity index (χ0n) is 11.3. The van der Waals surface area contributed by atoms with E-state index in [1.54, 1.807) is 6.08 Å². The largest absolute Gasteiger partial charge is 0.465 e. The van der Waals surface area contributed by atoms with Gasteiger partial charge in [-0.25, -0.2) is 4.79 Å². The molecular formula is C15H21NO2. The predicted molar refractivity (Wildman–Crippen MR) is 73.5 cm³/mol. The van der Waals surface area contributed by atoms with Crippen LogP contribution in [0, 0.1) is 13.8 Å². The Labute approximate surface area is 109 Å². The Balaban J connectivity index is 3.03. The standard InChI is InChI=1S/C15H21NO2/c1-5-9-16-14(15(17)18-6-2)13-10-11(3)7-8-12(13)4/h5,7-8,10,14,16H,1,6,9H2,2-4H3. The SMILES string of the molecule is C=CCNC(C(=O)OCC)c1cc(C)ccc1C. The molecular weight excluding hydrogens is 226 g/mol. The highest BCUT2D eigenvalue weighted by atomic mass is 16.5. The highest BCUT2D eigenvalue weighted by Gasteiger charge is 2.22. The maximum absolute atomic E-state index is 12.0. The van der Waals surface area contributed by atoms with Gasteiger partial charge in [-0.05, 0) is 31.9 Å². The molecule has 0 bridgehead atoms. The summed E-state index contributed by atoms with van der Waals surface area (Å²) in [4.78, 5) is 12.0. The minimum Gasteiger partial charge on any atom is -0.465 e. The van der Waals surface area contributed by atoms with Crippen LogP contribution >= 0.6 is 0 Å². The van der Waals surface area contributed by atoms with Gasteiger partial charge in [-0.2, -0.15) is 0 Å². The second kappa shape index (κ2) is 6.97. The fraction of sp³-hybridized carbons (Fsp3) is 0.400. The van der Waals surface area contributed by atoms with Gasteiger partial charge in [0.1, 0.15) is 6.04 Å². The lowest BCUT2D eigenvalue weighted by Gasteiger charge is -2.19. The van der Waals surface area contributed by atoms with Crippen molar-refractivity contribution in [2.24, 2.45) is 0 Å². The van der Waals surface area contributed by atoms with Gasteiger partial charge in [-0.3, -0.25) is 5.32 Å². The van der Waals surface area contributed by atoms with Crippen LogP contribution < -0.4 is 5.32 Å². The van der Waals surface area contributed by atoms with E-state index >= 15 is 0 Å². The topological polar surface area (TPSA) is 38.3 Å². The van der Waals surface area contributed by atoms with E-state index in [-0.39, 0.29) is 5.97 Å². The molecule has 0 aromatic heterocycles. The van der Waals surface area contributed by atoms with Gasteiger partial charge >= 0.3 is 5.97 Å². The number of carbonyl (C=O) groups excluding carboxylic acids is 1. The Bertz CT molecular complexity index is 427. The van der Waals surface area contributed by atoms with Crippen LogP contribution in [0.15, 0.2) is 30.9 Å². The summed E-state index contributed by atoms with van der Waals surface area (Å²) in [5.74, 6) is -0.243. The van der Waals surface area contributed by atoms with Gasteiger partial charge in [-0.15, -0.1) is 6.58 Å². The molecule has 0 aliphatic rings. The molecule has 0 spiro atoms. The summed E-state index contributed by atoms with van der Waals surface area (Å²) in [5, 5.41) is 3.15. The first kappa shape index (κ1) is 14.5. The molecule has 0 saturated heterocycles. The first-order valence-corrected chi connectivity index (χ1v) is 6.18. The fourth-order valence-electron chi connectivity index (χ4n) is 1.82. The molecule has 3 heteroatoms. The number of hydrogen-bond donors (Lipinski definition) is 1. The minimum absolute atomic E-state index is 0.243. The summed E-state index contributed by atoms with van der Waals surface area (Å²) in [6, 6.07) is 5.65. The molecule has 0 radical (unpaired) electrons. The number of benzene rings is 1. The summed E-state index contributed by atoms with van der Waals surface area (Å²) in [5.41, 5.74) is 3.18. The van der Waals surface area contributed by atoms with Gasteiger partial charge in [0, 0.05) is 6.54 Å². The second-order valence-electron chi connectivity index (χ2n) is 4.24. The molecule has 0 aliphatic heterocycles. The van der Waals surface area contributed by atoms with Crippen molar-refractivity contribution in [2.45, 2.75) is 26.8 Å². The van der Waals surface area contributed by atoms with Crippen molar-refractivity contribution in [3.8, 4) is 0 Å². The van der Waals surface area contributed by atoms with Crippen molar-refractivity contribution in [1.82, 2.24) is 5.32 Å². The smallest absolute Gasteiger partial charge is 0.327 e. The zero-order chi connectivity index (χ0) is 13.5. The third-order valence-corrected chi connectivity index (χ3v) is 2.73. The average Bonchev–Trinajstić information content (AvgIpc) is 2.34. The van der Waals surface area contributed by atoms with Crippen LogP contribution in [0.1, 0.15) is 29.7 Å². The van der Waals surface area contributed by atoms with Crippen LogP contribution in [0.5, 0.6) is 0 Å². The highest BCUT2D eigenvalue weighted by molar-refractivity contribution is 5.78. The molecule has 0 fully saturated rings. The molecule has 18 heavy (non-hydrogen) atoms. The molecule has 0 heterocycles. The summed E-state index contributed by atoms with van der Waals surface area (Å²) < 4.78 is 5.11. The number of carbonyl (C=O) groups is 1. The molecule has 0 saturated carbocycles. The normalized spacial score (nSPS) is 11.9. The van der Waals surface area contributed by atoms with E-state index in [9.17, 15) is 4.79 Å². The van der Waals surface area contributed by atoms with Crippen LogP contribution in [0.4, 0.5) is 0 Å². The number of ether oxygens (including phenoxy) is 1. The summed E-state index contributed by atoms with van der Waals surface area (Å²) in [6.45, 7) is 10.4. The van der Waals surface area contributed by atoms with Crippen LogP contribution in [0.25, 0.3) is 0 Å². The van der Waals surface area contributed by atoms with E-state index in [4.69, 9.17) is 4.74 Å². The number of esters is 1. The van der Waals surface area contributed by atoms with E-state index in [2.05, 4.69) is 11.9 Å². The van der Waals surface area contributed by atoms with Crippen molar-refractivity contribution in [2.75, 3.05) is 13.2 Å². The molecule has 1 unspecified atom stereocenters. The van der Waals surface area contributed by atoms with E-state index in [1.165, 1.54) is 0 Å². The monoisotopic (exact) mass is 247 g/mol. The van der Waals surface area contributed by atoms with E-state index < -0.39 is 6.04 Å². The molecule has 1 aromatic rings. The van der Waals surface area contributed by atoms with Crippen molar-refractivity contribution in [3.63, 3.8) is 0 Å². The summed E-state index contributed by atoms with van der Waals surface area (Å²) >= 11 is 0. The lowest BCUT2D eigenvalue weighted by atomic mass is 9.99. The Kier molecular flexibility index (Phi) is 5.59. The lowest BCUT2D eigenvalue weighted by molar-refractivity contribution is -0.145. The highest BCUT2D eigenvalue weighted by Crippen LogP contribution is 2.20.